The van der Waals surface area contributed by atoms with Gasteiger partial charge in [-0.25, -0.2) is 0 Å². The van der Waals surface area contributed by atoms with Crippen molar-refractivity contribution < 1.29 is 14.5 Å². The molecule has 2 rings (SSSR count). The fraction of sp³-hybridized carbons (Fsp3) is 0.222. The van der Waals surface area contributed by atoms with Crippen molar-refractivity contribution in [1.29, 1.82) is 0 Å². The minimum atomic E-state index is -0.506. The molecule has 136 valence electrons. The molecule has 1 atom stereocenters. The normalized spacial score (nSPS) is 11.5. The number of hydrogen-bond acceptors (Lipinski definition) is 4. The largest absolute Gasteiger partial charge is 0.348 e. The maximum absolute atomic E-state index is 12.1. The summed E-state index contributed by atoms with van der Waals surface area (Å²) in [5, 5.41) is 16.1. The molecule has 0 spiro atoms. The number of benzene rings is 2. The maximum atomic E-state index is 12.1. The van der Waals surface area contributed by atoms with Crippen LogP contribution in [0.4, 0.5) is 5.69 Å². The summed E-state index contributed by atoms with van der Waals surface area (Å²) in [6.45, 7) is 3.22. The van der Waals surface area contributed by atoms with E-state index < -0.39 is 10.8 Å². The van der Waals surface area contributed by atoms with E-state index in [9.17, 15) is 19.7 Å². The molecule has 7 nitrogen and oxygen atoms in total. The molecule has 0 aromatic heterocycles. The monoisotopic (exact) mass is 419 g/mol. The Morgan fingerprint density at radius 2 is 1.85 bits per heavy atom. The number of nitro groups is 1. The van der Waals surface area contributed by atoms with Gasteiger partial charge < -0.3 is 10.6 Å². The minimum absolute atomic E-state index is 0.0531. The molecule has 26 heavy (non-hydrogen) atoms. The number of nitrogens with zero attached hydrogens (tertiary/aromatic N) is 1. The molecular formula is C18H18BrN3O4. The van der Waals surface area contributed by atoms with Crippen LogP contribution < -0.4 is 10.6 Å². The van der Waals surface area contributed by atoms with Crippen molar-refractivity contribution in [2.45, 2.75) is 19.9 Å². The number of nitrogens with one attached hydrogen (secondary N) is 2. The van der Waals surface area contributed by atoms with Gasteiger partial charge in [-0.15, -0.1) is 0 Å². The smallest absolute Gasteiger partial charge is 0.272 e. The second kappa shape index (κ2) is 8.57. The number of aryl methyl sites for hydroxylation is 1. The van der Waals surface area contributed by atoms with Gasteiger partial charge in [-0.1, -0.05) is 28.1 Å². The molecule has 0 radical (unpaired) electrons. The summed E-state index contributed by atoms with van der Waals surface area (Å²) in [4.78, 5) is 34.4. The number of hydrogen-bond donors (Lipinski definition) is 2. The molecule has 0 saturated heterocycles. The summed E-state index contributed by atoms with van der Waals surface area (Å²) in [6.07, 6.45) is 0. The van der Waals surface area contributed by atoms with Crippen molar-refractivity contribution >= 4 is 33.4 Å². The van der Waals surface area contributed by atoms with Gasteiger partial charge in [-0.3, -0.25) is 19.7 Å². The number of halogens is 1. The zero-order valence-corrected chi connectivity index (χ0v) is 15.9. The minimum Gasteiger partial charge on any atom is -0.348 e. The van der Waals surface area contributed by atoms with E-state index >= 15 is 0 Å². The molecule has 0 aliphatic heterocycles. The van der Waals surface area contributed by atoms with Gasteiger partial charge in [0.25, 0.3) is 11.6 Å². The highest BCUT2D eigenvalue weighted by Gasteiger charge is 2.15. The van der Waals surface area contributed by atoms with Gasteiger partial charge in [0.1, 0.15) is 0 Å². The summed E-state index contributed by atoms with van der Waals surface area (Å²) in [7, 11) is 0. The SMILES string of the molecule is Cc1cc(C(=O)NCC(=O)NC(C)c2ccc(Br)cc2)ccc1[N+](=O)[O-]. The highest BCUT2D eigenvalue weighted by Crippen LogP contribution is 2.19. The van der Waals surface area contributed by atoms with Crippen molar-refractivity contribution in [2.75, 3.05) is 6.54 Å². The van der Waals surface area contributed by atoms with Crippen LogP contribution in [0.2, 0.25) is 0 Å². The van der Waals surface area contributed by atoms with Gasteiger partial charge >= 0.3 is 0 Å². The van der Waals surface area contributed by atoms with E-state index in [4.69, 9.17) is 0 Å². The number of rotatable bonds is 6. The van der Waals surface area contributed by atoms with Gasteiger partial charge in [-0.2, -0.15) is 0 Å². The Morgan fingerprint density at radius 3 is 2.42 bits per heavy atom. The Hall–Kier alpha value is -2.74. The first-order valence-corrected chi connectivity index (χ1v) is 8.65. The average Bonchev–Trinajstić information content (AvgIpc) is 2.59. The summed E-state index contributed by atoms with van der Waals surface area (Å²) < 4.78 is 0.949. The van der Waals surface area contributed by atoms with Crippen LogP contribution in [0.3, 0.4) is 0 Å². The summed E-state index contributed by atoms with van der Waals surface area (Å²) in [5.74, 6) is -0.790. The fourth-order valence-corrected chi connectivity index (χ4v) is 2.66. The van der Waals surface area contributed by atoms with Crippen molar-refractivity contribution in [3.63, 3.8) is 0 Å². The third-order valence-electron chi connectivity index (χ3n) is 3.81. The van der Waals surface area contributed by atoms with E-state index in [-0.39, 0.29) is 29.7 Å². The third kappa shape index (κ3) is 5.13. The highest BCUT2D eigenvalue weighted by atomic mass is 79.9. The van der Waals surface area contributed by atoms with Crippen molar-refractivity contribution in [2.24, 2.45) is 0 Å². The van der Waals surface area contributed by atoms with Crippen LogP contribution in [0.15, 0.2) is 46.9 Å². The average molecular weight is 420 g/mol. The van der Waals surface area contributed by atoms with Gasteiger partial charge in [0.15, 0.2) is 0 Å². The molecular weight excluding hydrogens is 402 g/mol. The quantitative estimate of drug-likeness (QED) is 0.553. The number of amides is 2. The van der Waals surface area contributed by atoms with Crippen LogP contribution in [0, 0.1) is 17.0 Å². The topological polar surface area (TPSA) is 101 Å². The van der Waals surface area contributed by atoms with Gasteiger partial charge in [0, 0.05) is 21.7 Å². The summed E-state index contributed by atoms with van der Waals surface area (Å²) in [6, 6.07) is 11.4. The Morgan fingerprint density at radius 1 is 1.19 bits per heavy atom. The van der Waals surface area contributed by atoms with Gasteiger partial charge in [0.2, 0.25) is 5.91 Å². The molecule has 0 aliphatic carbocycles. The van der Waals surface area contributed by atoms with Crippen LogP contribution in [-0.4, -0.2) is 23.3 Å². The van der Waals surface area contributed by atoms with Gasteiger partial charge in [-0.05, 0) is 43.7 Å². The first kappa shape index (κ1) is 19.6. The van der Waals surface area contributed by atoms with E-state index in [1.807, 2.05) is 31.2 Å². The number of nitro benzene ring substituents is 1. The van der Waals surface area contributed by atoms with E-state index in [2.05, 4.69) is 26.6 Å². The van der Waals surface area contributed by atoms with E-state index in [1.165, 1.54) is 18.2 Å². The molecule has 2 amide bonds. The Balaban J connectivity index is 1.90. The molecule has 2 N–H and O–H groups in total. The predicted octanol–water partition coefficient (Wildman–Crippen LogP) is 3.27. The standard InChI is InChI=1S/C18H18BrN3O4/c1-11-9-14(5-8-16(11)22(25)26)18(24)20-10-17(23)21-12(2)13-3-6-15(19)7-4-13/h3-9,12H,10H2,1-2H3,(H,20,24)(H,21,23). The molecule has 2 aromatic carbocycles. The zero-order chi connectivity index (χ0) is 19.3. The Bertz CT molecular complexity index is 837. The third-order valence-corrected chi connectivity index (χ3v) is 4.34. The van der Waals surface area contributed by atoms with Crippen LogP contribution >= 0.6 is 15.9 Å². The molecule has 0 heterocycles. The lowest BCUT2D eigenvalue weighted by Gasteiger charge is -2.15. The number of carbonyl (C=O) groups excluding carboxylic acids is 2. The molecule has 0 saturated carbocycles. The fourth-order valence-electron chi connectivity index (χ4n) is 2.39. The molecule has 0 aliphatic rings. The van der Waals surface area contributed by atoms with Gasteiger partial charge in [0.05, 0.1) is 17.5 Å². The maximum Gasteiger partial charge on any atom is 0.272 e. The molecule has 0 bridgehead atoms. The van der Waals surface area contributed by atoms with Crippen molar-refractivity contribution in [3.8, 4) is 0 Å². The molecule has 2 aromatic rings. The van der Waals surface area contributed by atoms with Crippen molar-refractivity contribution in [3.05, 3.63) is 73.7 Å². The predicted molar refractivity (Wildman–Crippen MR) is 101 cm³/mol. The lowest BCUT2D eigenvalue weighted by Crippen LogP contribution is -2.38. The van der Waals surface area contributed by atoms with Crippen molar-refractivity contribution in [1.82, 2.24) is 10.6 Å². The van der Waals surface area contributed by atoms with Crippen LogP contribution in [-0.2, 0) is 4.79 Å². The summed E-state index contributed by atoms with van der Waals surface area (Å²) >= 11 is 3.35. The number of carbonyl (C=O) groups is 2. The second-order valence-electron chi connectivity index (χ2n) is 5.78. The second-order valence-corrected chi connectivity index (χ2v) is 6.70. The van der Waals surface area contributed by atoms with Crippen LogP contribution in [0.1, 0.15) is 34.5 Å². The lowest BCUT2D eigenvalue weighted by molar-refractivity contribution is -0.385. The van der Waals surface area contributed by atoms with E-state index in [1.54, 1.807) is 6.92 Å². The summed E-state index contributed by atoms with van der Waals surface area (Å²) in [5.41, 5.74) is 1.54. The Labute approximate surface area is 159 Å². The van der Waals surface area contributed by atoms with Crippen LogP contribution in [0.25, 0.3) is 0 Å². The zero-order valence-electron chi connectivity index (χ0n) is 14.3. The van der Waals surface area contributed by atoms with E-state index in [0.717, 1.165) is 10.0 Å². The lowest BCUT2D eigenvalue weighted by atomic mass is 10.1. The first-order chi connectivity index (χ1) is 12.3. The van der Waals surface area contributed by atoms with E-state index in [0.29, 0.717) is 5.56 Å². The molecule has 0 fully saturated rings. The Kier molecular flexibility index (Phi) is 6.46. The molecule has 8 heteroatoms. The molecule has 1 unspecified atom stereocenters. The van der Waals surface area contributed by atoms with Crippen LogP contribution in [0.5, 0.6) is 0 Å². The highest BCUT2D eigenvalue weighted by molar-refractivity contribution is 9.10. The first-order valence-electron chi connectivity index (χ1n) is 7.86.